The summed E-state index contributed by atoms with van der Waals surface area (Å²) in [5.41, 5.74) is 2.27. The van der Waals surface area contributed by atoms with Crippen LogP contribution in [-0.4, -0.2) is 39.4 Å². The number of benzene rings is 2. The molecule has 0 unspecified atom stereocenters. The van der Waals surface area contributed by atoms with Crippen molar-refractivity contribution in [3.63, 3.8) is 0 Å². The van der Waals surface area contributed by atoms with Gasteiger partial charge in [-0.3, -0.25) is 14.2 Å². The van der Waals surface area contributed by atoms with E-state index in [2.05, 4.69) is 10.3 Å². The third-order valence-electron chi connectivity index (χ3n) is 4.44. The molecule has 2 N–H and O–H groups in total. The van der Waals surface area contributed by atoms with Gasteiger partial charge < -0.3 is 15.2 Å². The van der Waals surface area contributed by atoms with Gasteiger partial charge in [0.05, 0.1) is 0 Å². The number of anilines is 1. The predicted octanol–water partition coefficient (Wildman–Crippen LogP) is 4.27. The number of aromatic amines is 1. The van der Waals surface area contributed by atoms with Gasteiger partial charge in [0.1, 0.15) is 5.69 Å². The van der Waals surface area contributed by atoms with Crippen molar-refractivity contribution in [1.82, 2.24) is 14.5 Å². The minimum Gasteiger partial charge on any atom is -0.339 e. The molecule has 0 aliphatic carbocycles. The number of aromatic nitrogens is 2. The number of para-hydroxylation sites is 1. The highest BCUT2D eigenvalue weighted by molar-refractivity contribution is 7.71. The zero-order valence-corrected chi connectivity index (χ0v) is 16.6. The number of carbonyl (C=O) groups is 2. The number of imidazole rings is 1. The van der Waals surface area contributed by atoms with Gasteiger partial charge in [0, 0.05) is 36.2 Å². The fourth-order valence-electron chi connectivity index (χ4n) is 2.99. The lowest BCUT2D eigenvalue weighted by Crippen LogP contribution is -2.30. The molecule has 0 radical (unpaired) electrons. The number of H-pyrrole nitrogens is 1. The third kappa shape index (κ3) is 4.04. The molecule has 0 saturated carbocycles. The minimum absolute atomic E-state index is 0.0602. The SMILES string of the molecule is CCN(CC)C(=O)c1cccc(NC(=O)c2c[nH]c(=S)n2-c2ccccc2)c1. The topological polar surface area (TPSA) is 70.1 Å². The van der Waals surface area contributed by atoms with E-state index in [1.54, 1.807) is 39.9 Å². The Hall–Kier alpha value is -3.19. The molecule has 0 atom stereocenters. The Morgan fingerprint density at radius 2 is 1.79 bits per heavy atom. The first-order valence-corrected chi connectivity index (χ1v) is 9.52. The number of rotatable bonds is 6. The number of carbonyl (C=O) groups excluding carboxylic acids is 2. The van der Waals surface area contributed by atoms with Gasteiger partial charge in [-0.1, -0.05) is 24.3 Å². The average Bonchev–Trinajstić information content (AvgIpc) is 3.11. The zero-order chi connectivity index (χ0) is 20.1. The van der Waals surface area contributed by atoms with Gasteiger partial charge in [-0.25, -0.2) is 0 Å². The maximum absolute atomic E-state index is 12.9. The zero-order valence-electron chi connectivity index (χ0n) is 15.8. The lowest BCUT2D eigenvalue weighted by molar-refractivity contribution is 0.0772. The molecule has 6 nitrogen and oxygen atoms in total. The summed E-state index contributed by atoms with van der Waals surface area (Å²) >= 11 is 5.33. The molecule has 3 rings (SSSR count). The average molecular weight is 395 g/mol. The quantitative estimate of drug-likeness (QED) is 0.614. The summed E-state index contributed by atoms with van der Waals surface area (Å²) in [4.78, 5) is 30.1. The van der Waals surface area contributed by atoms with Crippen molar-refractivity contribution in [3.8, 4) is 5.69 Å². The van der Waals surface area contributed by atoms with Gasteiger partial charge in [-0.15, -0.1) is 0 Å². The smallest absolute Gasteiger partial charge is 0.274 e. The summed E-state index contributed by atoms with van der Waals surface area (Å²) in [6, 6.07) is 16.4. The Bertz CT molecular complexity index is 1040. The maximum Gasteiger partial charge on any atom is 0.274 e. The van der Waals surface area contributed by atoms with Crippen LogP contribution < -0.4 is 5.32 Å². The van der Waals surface area contributed by atoms with Crippen molar-refractivity contribution in [3.05, 3.63) is 76.8 Å². The Balaban J connectivity index is 1.86. The molecule has 2 amide bonds. The molecule has 0 aliphatic rings. The monoisotopic (exact) mass is 394 g/mol. The van der Waals surface area contributed by atoms with E-state index in [9.17, 15) is 9.59 Å². The molecule has 1 heterocycles. The highest BCUT2D eigenvalue weighted by Crippen LogP contribution is 2.17. The lowest BCUT2D eigenvalue weighted by Gasteiger charge is -2.19. The molecule has 7 heteroatoms. The lowest BCUT2D eigenvalue weighted by atomic mass is 10.1. The van der Waals surface area contributed by atoms with Crippen molar-refractivity contribution < 1.29 is 9.59 Å². The predicted molar refractivity (Wildman–Crippen MR) is 113 cm³/mol. The normalized spacial score (nSPS) is 10.5. The summed E-state index contributed by atoms with van der Waals surface area (Å²) in [5, 5.41) is 2.86. The van der Waals surface area contributed by atoms with Crippen molar-refractivity contribution in [2.45, 2.75) is 13.8 Å². The van der Waals surface area contributed by atoms with Crippen molar-refractivity contribution in [2.24, 2.45) is 0 Å². The van der Waals surface area contributed by atoms with Gasteiger partial charge in [0.2, 0.25) is 0 Å². The molecule has 3 aromatic rings. The second kappa shape index (κ2) is 8.67. The van der Waals surface area contributed by atoms with Crippen LogP contribution in [0.4, 0.5) is 5.69 Å². The van der Waals surface area contributed by atoms with E-state index in [4.69, 9.17) is 12.2 Å². The van der Waals surface area contributed by atoms with Gasteiger partial charge in [0.25, 0.3) is 11.8 Å². The summed E-state index contributed by atoms with van der Waals surface area (Å²) in [5.74, 6) is -0.376. The van der Waals surface area contributed by atoms with Crippen LogP contribution >= 0.6 is 12.2 Å². The molecule has 0 fully saturated rings. The van der Waals surface area contributed by atoms with E-state index in [-0.39, 0.29) is 11.8 Å². The van der Waals surface area contributed by atoms with E-state index in [0.29, 0.717) is 34.8 Å². The van der Waals surface area contributed by atoms with Gasteiger partial charge >= 0.3 is 0 Å². The first kappa shape index (κ1) is 19.6. The van der Waals surface area contributed by atoms with E-state index < -0.39 is 0 Å². The molecule has 0 bridgehead atoms. The van der Waals surface area contributed by atoms with Gasteiger partial charge in [-0.2, -0.15) is 0 Å². The maximum atomic E-state index is 12.9. The van der Waals surface area contributed by atoms with E-state index in [1.807, 2.05) is 44.2 Å². The van der Waals surface area contributed by atoms with Crippen LogP contribution in [0.25, 0.3) is 5.69 Å². The molecule has 1 aromatic heterocycles. The number of hydrogen-bond acceptors (Lipinski definition) is 3. The van der Waals surface area contributed by atoms with Crippen LogP contribution in [0.2, 0.25) is 0 Å². The van der Waals surface area contributed by atoms with Crippen LogP contribution in [0.3, 0.4) is 0 Å². The highest BCUT2D eigenvalue weighted by Gasteiger charge is 2.16. The van der Waals surface area contributed by atoms with Gasteiger partial charge in [0.15, 0.2) is 4.77 Å². The molecule has 0 saturated heterocycles. The van der Waals surface area contributed by atoms with Crippen LogP contribution in [0.15, 0.2) is 60.8 Å². The first-order chi connectivity index (χ1) is 13.5. The summed E-state index contributed by atoms with van der Waals surface area (Å²) in [6.45, 7) is 5.14. The first-order valence-electron chi connectivity index (χ1n) is 9.11. The minimum atomic E-state index is -0.316. The number of amides is 2. The van der Waals surface area contributed by atoms with Crippen LogP contribution in [-0.2, 0) is 0 Å². The van der Waals surface area contributed by atoms with E-state index in [0.717, 1.165) is 5.69 Å². The second-order valence-corrected chi connectivity index (χ2v) is 6.55. The second-order valence-electron chi connectivity index (χ2n) is 6.16. The van der Waals surface area contributed by atoms with Gasteiger partial charge in [-0.05, 0) is 56.4 Å². The summed E-state index contributed by atoms with van der Waals surface area (Å²) < 4.78 is 2.11. The van der Waals surface area contributed by atoms with Crippen molar-refractivity contribution in [2.75, 3.05) is 18.4 Å². The van der Waals surface area contributed by atoms with Crippen molar-refractivity contribution >= 4 is 29.7 Å². The summed E-state index contributed by atoms with van der Waals surface area (Å²) in [6.07, 6.45) is 1.58. The molecular weight excluding hydrogens is 372 g/mol. The fraction of sp³-hybridized carbons (Fsp3) is 0.190. The molecule has 28 heavy (non-hydrogen) atoms. The molecule has 0 aliphatic heterocycles. The van der Waals surface area contributed by atoms with Crippen molar-refractivity contribution in [1.29, 1.82) is 0 Å². The number of hydrogen-bond donors (Lipinski definition) is 2. The Labute approximate surface area is 168 Å². The Kier molecular flexibility index (Phi) is 6.06. The molecule has 144 valence electrons. The van der Waals surface area contributed by atoms with E-state index in [1.165, 1.54) is 0 Å². The molecule has 2 aromatic carbocycles. The van der Waals surface area contributed by atoms with Crippen LogP contribution in [0, 0.1) is 4.77 Å². The number of nitrogens with one attached hydrogen (secondary N) is 2. The fourth-order valence-corrected chi connectivity index (χ4v) is 3.25. The highest BCUT2D eigenvalue weighted by atomic mass is 32.1. The Morgan fingerprint density at radius 1 is 1.07 bits per heavy atom. The van der Waals surface area contributed by atoms with Crippen LogP contribution in [0.5, 0.6) is 0 Å². The van der Waals surface area contributed by atoms with Crippen LogP contribution in [0.1, 0.15) is 34.7 Å². The number of nitrogens with zero attached hydrogens (tertiary/aromatic N) is 2. The largest absolute Gasteiger partial charge is 0.339 e. The third-order valence-corrected chi connectivity index (χ3v) is 4.74. The molecular formula is C21H22N4O2S. The Morgan fingerprint density at radius 3 is 2.46 bits per heavy atom. The molecule has 0 spiro atoms. The summed E-state index contributed by atoms with van der Waals surface area (Å²) in [7, 11) is 0. The standard InChI is InChI=1S/C21H22N4O2S/c1-3-24(4-2)20(27)15-9-8-10-16(13-15)23-19(26)18-14-22-21(28)25(18)17-11-6-5-7-12-17/h5-14H,3-4H2,1-2H3,(H,22,28)(H,23,26). The van der Waals surface area contributed by atoms with E-state index >= 15 is 0 Å².